The molecule has 0 radical (unpaired) electrons. The first-order valence-electron chi connectivity index (χ1n) is 9.29. The monoisotopic (exact) mass is 386 g/mol. The molecule has 0 atom stereocenters. The number of carbonyl (C=O) groups is 2. The Labute approximate surface area is 164 Å². The van der Waals surface area contributed by atoms with Crippen LogP contribution in [0.3, 0.4) is 0 Å². The second kappa shape index (κ2) is 9.56. The van der Waals surface area contributed by atoms with E-state index in [-0.39, 0.29) is 19.0 Å². The number of hydrogen-bond acceptors (Lipinski definition) is 4. The smallest absolute Gasteiger partial charge is 0.344 e. The first kappa shape index (κ1) is 19.4. The van der Waals surface area contributed by atoms with Gasteiger partial charge in [-0.1, -0.05) is 67.3 Å². The summed E-state index contributed by atoms with van der Waals surface area (Å²) in [7, 11) is 0. The van der Waals surface area contributed by atoms with Crippen LogP contribution in [0.15, 0.2) is 48.5 Å². The number of carbonyl (C=O) groups excluding carboxylic acids is 2. The van der Waals surface area contributed by atoms with E-state index < -0.39 is 5.97 Å². The van der Waals surface area contributed by atoms with E-state index in [4.69, 9.17) is 21.1 Å². The number of ether oxygens (including phenoxy) is 2. The first-order valence-corrected chi connectivity index (χ1v) is 9.67. The standard InChI is InChI=1S/C22H23ClO4/c23-19-8-4-5-9-21(19)26-15-22(25)27-14-20(24)18-12-10-17(11-13-18)16-6-2-1-3-7-16/h4-5,8-13,16H,1-3,6-7,14-15H2. The molecule has 2 aromatic carbocycles. The molecule has 0 aromatic heterocycles. The summed E-state index contributed by atoms with van der Waals surface area (Å²) in [6.07, 6.45) is 6.31. The summed E-state index contributed by atoms with van der Waals surface area (Å²) in [5.41, 5.74) is 1.84. The van der Waals surface area contributed by atoms with Crippen LogP contribution < -0.4 is 4.74 Å². The van der Waals surface area contributed by atoms with Crippen LogP contribution in [0.1, 0.15) is 53.9 Å². The van der Waals surface area contributed by atoms with Crippen molar-refractivity contribution < 1.29 is 19.1 Å². The van der Waals surface area contributed by atoms with E-state index in [1.165, 1.54) is 37.7 Å². The van der Waals surface area contributed by atoms with Crippen molar-refractivity contribution in [1.29, 1.82) is 0 Å². The third-order valence-electron chi connectivity index (χ3n) is 4.86. The zero-order chi connectivity index (χ0) is 19.1. The lowest BCUT2D eigenvalue weighted by atomic mass is 9.84. The summed E-state index contributed by atoms with van der Waals surface area (Å²) in [5, 5.41) is 0.416. The first-order chi connectivity index (χ1) is 13.1. The summed E-state index contributed by atoms with van der Waals surface area (Å²) >= 11 is 5.95. The minimum absolute atomic E-state index is 0.226. The van der Waals surface area contributed by atoms with Crippen molar-refractivity contribution in [2.24, 2.45) is 0 Å². The van der Waals surface area contributed by atoms with Gasteiger partial charge in [0.15, 0.2) is 19.0 Å². The average molecular weight is 387 g/mol. The Kier molecular flexibility index (Phi) is 6.88. The number of benzene rings is 2. The van der Waals surface area contributed by atoms with Crippen LogP contribution in [-0.4, -0.2) is 25.0 Å². The topological polar surface area (TPSA) is 52.6 Å². The van der Waals surface area contributed by atoms with Gasteiger partial charge < -0.3 is 9.47 Å². The van der Waals surface area contributed by atoms with Crippen LogP contribution in [0, 0.1) is 0 Å². The minimum atomic E-state index is -0.609. The molecule has 1 aliphatic rings. The van der Waals surface area contributed by atoms with Crippen molar-refractivity contribution >= 4 is 23.4 Å². The van der Waals surface area contributed by atoms with E-state index in [2.05, 4.69) is 0 Å². The largest absolute Gasteiger partial charge is 0.480 e. The number of esters is 1. The molecule has 0 N–H and O–H groups in total. The number of ketones is 1. The van der Waals surface area contributed by atoms with Crippen molar-refractivity contribution in [2.75, 3.05) is 13.2 Å². The van der Waals surface area contributed by atoms with Crippen LogP contribution in [0.4, 0.5) is 0 Å². The van der Waals surface area contributed by atoms with Crippen LogP contribution in [-0.2, 0) is 9.53 Å². The molecule has 1 aliphatic carbocycles. The highest BCUT2D eigenvalue weighted by Gasteiger charge is 2.16. The van der Waals surface area contributed by atoms with E-state index in [1.807, 2.05) is 24.3 Å². The molecule has 1 fully saturated rings. The molecule has 0 unspecified atom stereocenters. The van der Waals surface area contributed by atoms with E-state index in [0.29, 0.717) is 22.3 Å². The van der Waals surface area contributed by atoms with Gasteiger partial charge >= 0.3 is 5.97 Å². The van der Waals surface area contributed by atoms with E-state index in [9.17, 15) is 9.59 Å². The predicted molar refractivity (Wildman–Crippen MR) is 105 cm³/mol. The van der Waals surface area contributed by atoms with Crippen molar-refractivity contribution in [3.63, 3.8) is 0 Å². The zero-order valence-electron chi connectivity index (χ0n) is 15.2. The average Bonchev–Trinajstić information content (AvgIpc) is 2.72. The van der Waals surface area contributed by atoms with Gasteiger partial charge in [-0.3, -0.25) is 4.79 Å². The van der Waals surface area contributed by atoms with Crippen LogP contribution in [0.25, 0.3) is 0 Å². The Hall–Kier alpha value is -2.33. The van der Waals surface area contributed by atoms with E-state index >= 15 is 0 Å². The van der Waals surface area contributed by atoms with E-state index in [0.717, 1.165) is 0 Å². The molecule has 142 valence electrons. The molecule has 1 saturated carbocycles. The summed E-state index contributed by atoms with van der Waals surface area (Å²) in [5.74, 6) is 0.168. The highest BCUT2D eigenvalue weighted by molar-refractivity contribution is 6.32. The fraction of sp³-hybridized carbons (Fsp3) is 0.364. The number of rotatable bonds is 7. The zero-order valence-corrected chi connectivity index (χ0v) is 15.9. The maximum absolute atomic E-state index is 12.2. The molecule has 0 spiro atoms. The Morgan fingerprint density at radius 1 is 0.926 bits per heavy atom. The predicted octanol–water partition coefficient (Wildman–Crippen LogP) is 5.19. The molecular formula is C22H23ClO4. The summed E-state index contributed by atoms with van der Waals surface area (Å²) in [6, 6.07) is 14.5. The molecule has 0 heterocycles. The number of hydrogen-bond donors (Lipinski definition) is 0. The van der Waals surface area contributed by atoms with Gasteiger partial charge in [0.05, 0.1) is 5.02 Å². The summed E-state index contributed by atoms with van der Waals surface area (Å²) < 4.78 is 10.3. The molecule has 2 aromatic rings. The fourth-order valence-corrected chi connectivity index (χ4v) is 3.54. The van der Waals surface area contributed by atoms with Crippen LogP contribution >= 0.6 is 11.6 Å². The Morgan fingerprint density at radius 2 is 1.63 bits per heavy atom. The van der Waals surface area contributed by atoms with Crippen LogP contribution in [0.5, 0.6) is 5.75 Å². The third-order valence-corrected chi connectivity index (χ3v) is 5.17. The van der Waals surface area contributed by atoms with Crippen molar-refractivity contribution in [3.8, 4) is 5.75 Å². The Morgan fingerprint density at radius 3 is 2.33 bits per heavy atom. The molecule has 0 amide bonds. The van der Waals surface area contributed by atoms with Gasteiger partial charge in [-0.15, -0.1) is 0 Å². The van der Waals surface area contributed by atoms with E-state index in [1.54, 1.807) is 24.3 Å². The maximum atomic E-state index is 12.2. The number of halogens is 1. The van der Waals surface area contributed by atoms with Gasteiger partial charge in [-0.25, -0.2) is 4.79 Å². The lowest BCUT2D eigenvalue weighted by Gasteiger charge is -2.22. The molecular weight excluding hydrogens is 364 g/mol. The van der Waals surface area contributed by atoms with Gasteiger partial charge in [-0.2, -0.15) is 0 Å². The maximum Gasteiger partial charge on any atom is 0.344 e. The molecule has 0 aliphatic heterocycles. The molecule has 27 heavy (non-hydrogen) atoms. The normalized spacial score (nSPS) is 14.6. The second-order valence-electron chi connectivity index (χ2n) is 6.76. The number of para-hydroxylation sites is 1. The highest BCUT2D eigenvalue weighted by atomic mass is 35.5. The van der Waals surface area contributed by atoms with Crippen molar-refractivity contribution in [3.05, 3.63) is 64.7 Å². The molecule has 0 saturated heterocycles. The minimum Gasteiger partial charge on any atom is -0.480 e. The quantitative estimate of drug-likeness (QED) is 0.485. The van der Waals surface area contributed by atoms with Gasteiger partial charge in [-0.05, 0) is 36.5 Å². The molecule has 4 nitrogen and oxygen atoms in total. The second-order valence-corrected chi connectivity index (χ2v) is 7.17. The highest BCUT2D eigenvalue weighted by Crippen LogP contribution is 2.32. The van der Waals surface area contributed by atoms with Gasteiger partial charge in [0, 0.05) is 5.56 Å². The molecule has 5 heteroatoms. The van der Waals surface area contributed by atoms with Gasteiger partial charge in [0.1, 0.15) is 5.75 Å². The van der Waals surface area contributed by atoms with Crippen molar-refractivity contribution in [2.45, 2.75) is 38.0 Å². The lowest BCUT2D eigenvalue weighted by molar-refractivity contribution is -0.144. The Bertz CT molecular complexity index is 779. The Balaban J connectivity index is 1.45. The van der Waals surface area contributed by atoms with Crippen LogP contribution in [0.2, 0.25) is 5.02 Å². The summed E-state index contributed by atoms with van der Waals surface area (Å²) in [6.45, 7) is -0.592. The van der Waals surface area contributed by atoms with Gasteiger partial charge in [0.2, 0.25) is 0 Å². The molecule has 3 rings (SSSR count). The van der Waals surface area contributed by atoms with Crippen molar-refractivity contribution in [1.82, 2.24) is 0 Å². The molecule has 0 bridgehead atoms. The van der Waals surface area contributed by atoms with Gasteiger partial charge in [0.25, 0.3) is 0 Å². The SMILES string of the molecule is O=C(COc1ccccc1Cl)OCC(=O)c1ccc(C2CCCCC2)cc1. The lowest BCUT2D eigenvalue weighted by Crippen LogP contribution is -2.19. The number of Topliss-reactive ketones (excluding diaryl/α,β-unsaturated/α-hetero) is 1. The summed E-state index contributed by atoms with van der Waals surface area (Å²) in [4.78, 5) is 24.0. The fourth-order valence-electron chi connectivity index (χ4n) is 3.35. The third kappa shape index (κ3) is 5.57.